The minimum atomic E-state index is -0.553. The van der Waals surface area contributed by atoms with Gasteiger partial charge in [0.05, 0.1) is 10.6 Å². The number of hydrazine groups is 1. The SMILES string of the molecule is NN(C=O)c1cccc([N+](=O)[O-])c1. The van der Waals surface area contributed by atoms with Gasteiger partial charge in [-0.2, -0.15) is 0 Å². The Morgan fingerprint density at radius 3 is 2.77 bits per heavy atom. The lowest BCUT2D eigenvalue weighted by atomic mass is 10.3. The van der Waals surface area contributed by atoms with Gasteiger partial charge in [0.1, 0.15) is 0 Å². The molecule has 0 bridgehead atoms. The van der Waals surface area contributed by atoms with E-state index in [1.165, 1.54) is 24.3 Å². The summed E-state index contributed by atoms with van der Waals surface area (Å²) in [5.41, 5.74) is 0.180. The van der Waals surface area contributed by atoms with E-state index in [0.29, 0.717) is 6.41 Å². The number of nitro groups is 1. The van der Waals surface area contributed by atoms with Crippen molar-refractivity contribution in [3.8, 4) is 0 Å². The molecular formula is C7H7N3O3. The maximum absolute atomic E-state index is 10.3. The van der Waals surface area contributed by atoms with Crippen LogP contribution in [0, 0.1) is 10.1 Å². The highest BCUT2D eigenvalue weighted by molar-refractivity contribution is 5.74. The van der Waals surface area contributed by atoms with E-state index in [0.717, 1.165) is 5.01 Å². The number of hydrogen-bond acceptors (Lipinski definition) is 4. The predicted molar refractivity (Wildman–Crippen MR) is 45.8 cm³/mol. The predicted octanol–water partition coefficient (Wildman–Crippen LogP) is 0.431. The van der Waals surface area contributed by atoms with Crippen molar-refractivity contribution in [3.63, 3.8) is 0 Å². The Bertz CT molecular complexity index is 340. The van der Waals surface area contributed by atoms with E-state index in [4.69, 9.17) is 5.84 Å². The first kappa shape index (κ1) is 9.14. The fourth-order valence-corrected chi connectivity index (χ4v) is 0.828. The Kier molecular flexibility index (Phi) is 2.56. The molecule has 1 aromatic carbocycles. The summed E-state index contributed by atoms with van der Waals surface area (Å²) in [4.78, 5) is 20.0. The molecule has 0 fully saturated rings. The third kappa shape index (κ3) is 2.00. The fourth-order valence-electron chi connectivity index (χ4n) is 0.828. The average molecular weight is 181 g/mol. The zero-order chi connectivity index (χ0) is 9.84. The molecule has 0 heterocycles. The van der Waals surface area contributed by atoms with E-state index in [1.807, 2.05) is 0 Å². The molecule has 0 saturated heterocycles. The maximum Gasteiger partial charge on any atom is 0.271 e. The average Bonchev–Trinajstić information content (AvgIpc) is 2.17. The summed E-state index contributed by atoms with van der Waals surface area (Å²) >= 11 is 0. The molecule has 13 heavy (non-hydrogen) atoms. The van der Waals surface area contributed by atoms with Crippen molar-refractivity contribution in [3.05, 3.63) is 34.4 Å². The number of anilines is 1. The Hall–Kier alpha value is -1.95. The third-order valence-electron chi connectivity index (χ3n) is 1.45. The van der Waals surface area contributed by atoms with Crippen molar-refractivity contribution in [2.75, 3.05) is 5.01 Å². The Labute approximate surface area is 73.7 Å². The molecule has 1 rings (SSSR count). The van der Waals surface area contributed by atoms with Crippen LogP contribution >= 0.6 is 0 Å². The van der Waals surface area contributed by atoms with Gasteiger partial charge in [-0.25, -0.2) is 5.84 Å². The number of carbonyl (C=O) groups excluding carboxylic acids is 1. The highest BCUT2D eigenvalue weighted by Gasteiger charge is 2.07. The molecule has 0 radical (unpaired) electrons. The van der Waals surface area contributed by atoms with Crippen LogP contribution in [0.25, 0.3) is 0 Å². The van der Waals surface area contributed by atoms with Crippen LogP contribution in [0.1, 0.15) is 0 Å². The number of nitro benzene ring substituents is 1. The van der Waals surface area contributed by atoms with Gasteiger partial charge in [-0.05, 0) is 6.07 Å². The van der Waals surface area contributed by atoms with Gasteiger partial charge < -0.3 is 0 Å². The minimum absolute atomic E-state index is 0.102. The molecule has 0 aromatic heterocycles. The molecule has 1 amide bonds. The third-order valence-corrected chi connectivity index (χ3v) is 1.45. The first-order chi connectivity index (χ1) is 6.15. The van der Waals surface area contributed by atoms with Crippen molar-refractivity contribution in [1.29, 1.82) is 0 Å². The first-order valence-electron chi connectivity index (χ1n) is 3.39. The van der Waals surface area contributed by atoms with Gasteiger partial charge >= 0.3 is 0 Å². The number of non-ortho nitro benzene ring substituents is 1. The lowest BCUT2D eigenvalue weighted by Crippen LogP contribution is -2.28. The van der Waals surface area contributed by atoms with Gasteiger partial charge in [-0.3, -0.25) is 19.9 Å². The smallest absolute Gasteiger partial charge is 0.271 e. The highest BCUT2D eigenvalue weighted by atomic mass is 16.6. The molecule has 68 valence electrons. The number of hydrogen-bond donors (Lipinski definition) is 1. The molecule has 0 atom stereocenters. The van der Waals surface area contributed by atoms with E-state index in [9.17, 15) is 14.9 Å². The summed E-state index contributed by atoms with van der Waals surface area (Å²) in [5, 5.41) is 11.1. The molecule has 0 unspecified atom stereocenters. The van der Waals surface area contributed by atoms with Crippen molar-refractivity contribution in [1.82, 2.24) is 0 Å². The first-order valence-corrected chi connectivity index (χ1v) is 3.39. The van der Waals surface area contributed by atoms with Crippen LogP contribution in [-0.4, -0.2) is 11.3 Å². The molecule has 2 N–H and O–H groups in total. The van der Waals surface area contributed by atoms with Gasteiger partial charge in [0.2, 0.25) is 6.41 Å². The second kappa shape index (κ2) is 3.63. The molecule has 0 aliphatic heterocycles. The van der Waals surface area contributed by atoms with Crippen LogP contribution in [0.4, 0.5) is 11.4 Å². The van der Waals surface area contributed by atoms with E-state index in [1.54, 1.807) is 0 Å². The lowest BCUT2D eigenvalue weighted by Gasteiger charge is -2.08. The van der Waals surface area contributed by atoms with Crippen LogP contribution in [0.5, 0.6) is 0 Å². The van der Waals surface area contributed by atoms with Crippen molar-refractivity contribution in [2.24, 2.45) is 5.84 Å². The topological polar surface area (TPSA) is 89.5 Å². The van der Waals surface area contributed by atoms with Crippen LogP contribution < -0.4 is 10.9 Å². The van der Waals surface area contributed by atoms with Crippen LogP contribution in [0.15, 0.2) is 24.3 Å². The summed E-state index contributed by atoms with van der Waals surface area (Å²) in [6.45, 7) is 0. The van der Waals surface area contributed by atoms with Crippen molar-refractivity contribution < 1.29 is 9.72 Å². The van der Waals surface area contributed by atoms with Crippen LogP contribution in [-0.2, 0) is 4.79 Å². The number of benzene rings is 1. The quantitative estimate of drug-likeness (QED) is 0.241. The zero-order valence-corrected chi connectivity index (χ0v) is 6.58. The number of amides is 1. The highest BCUT2D eigenvalue weighted by Crippen LogP contribution is 2.17. The largest absolute Gasteiger partial charge is 0.277 e. The van der Waals surface area contributed by atoms with Crippen LogP contribution in [0.3, 0.4) is 0 Å². The molecular weight excluding hydrogens is 174 g/mol. The van der Waals surface area contributed by atoms with E-state index >= 15 is 0 Å². The van der Waals surface area contributed by atoms with Crippen LogP contribution in [0.2, 0.25) is 0 Å². The van der Waals surface area contributed by atoms with Gasteiger partial charge in [-0.1, -0.05) is 6.07 Å². The molecule has 1 aromatic rings. The minimum Gasteiger partial charge on any atom is -0.277 e. The normalized spacial score (nSPS) is 9.31. The van der Waals surface area contributed by atoms with Crippen molar-refractivity contribution in [2.45, 2.75) is 0 Å². The second-order valence-corrected chi connectivity index (χ2v) is 2.29. The molecule has 6 nitrogen and oxygen atoms in total. The number of carbonyl (C=O) groups is 1. The Morgan fingerprint density at radius 1 is 1.54 bits per heavy atom. The maximum atomic E-state index is 10.3. The van der Waals surface area contributed by atoms with E-state index < -0.39 is 4.92 Å². The lowest BCUT2D eigenvalue weighted by molar-refractivity contribution is -0.384. The Morgan fingerprint density at radius 2 is 2.23 bits per heavy atom. The Balaban J connectivity index is 3.04. The van der Waals surface area contributed by atoms with E-state index in [-0.39, 0.29) is 11.4 Å². The summed E-state index contributed by atoms with van der Waals surface area (Å²) in [5.74, 6) is 5.21. The van der Waals surface area contributed by atoms with Gasteiger partial charge in [-0.15, -0.1) is 0 Å². The molecule has 0 spiro atoms. The standard InChI is InChI=1S/C7H7N3O3/c8-9(5-11)6-2-1-3-7(4-6)10(12)13/h1-5H,8H2. The van der Waals surface area contributed by atoms with Gasteiger partial charge in [0.15, 0.2) is 0 Å². The number of nitrogens with two attached hydrogens (primary N) is 1. The number of rotatable bonds is 3. The summed E-state index contributed by atoms with van der Waals surface area (Å²) in [7, 11) is 0. The summed E-state index contributed by atoms with van der Waals surface area (Å²) in [6, 6.07) is 5.49. The monoisotopic (exact) mass is 181 g/mol. The van der Waals surface area contributed by atoms with Gasteiger partial charge in [0, 0.05) is 12.1 Å². The van der Waals surface area contributed by atoms with Crippen molar-refractivity contribution >= 4 is 17.8 Å². The second-order valence-electron chi connectivity index (χ2n) is 2.29. The zero-order valence-electron chi connectivity index (χ0n) is 6.58. The summed E-state index contributed by atoms with van der Waals surface area (Å²) < 4.78 is 0. The van der Waals surface area contributed by atoms with Gasteiger partial charge in [0.25, 0.3) is 5.69 Å². The summed E-state index contributed by atoms with van der Waals surface area (Å²) in [6.07, 6.45) is 0.374. The van der Waals surface area contributed by atoms with E-state index in [2.05, 4.69) is 0 Å². The molecule has 0 aliphatic rings. The molecule has 0 saturated carbocycles. The number of nitrogens with zero attached hydrogens (tertiary/aromatic N) is 2. The molecule has 6 heteroatoms. The fraction of sp³-hybridized carbons (Fsp3) is 0. The molecule has 0 aliphatic carbocycles.